The monoisotopic (exact) mass is 526 g/mol. The molecular formula is C35H42O4. The average Bonchev–Trinajstić information content (AvgIpc) is 2.93. The van der Waals surface area contributed by atoms with E-state index in [4.69, 9.17) is 9.47 Å². The number of carbonyl (C=O) groups excluding carboxylic acids is 1. The molecule has 39 heavy (non-hydrogen) atoms. The molecule has 0 aromatic heterocycles. The van der Waals surface area contributed by atoms with Gasteiger partial charge in [-0.25, -0.2) is 4.79 Å². The summed E-state index contributed by atoms with van der Waals surface area (Å²) in [4.78, 5) is 12.0. The molecule has 0 aliphatic heterocycles. The third kappa shape index (κ3) is 5.33. The number of rotatable bonds is 10. The minimum absolute atomic E-state index is 0.244. The summed E-state index contributed by atoms with van der Waals surface area (Å²) in [5.74, 6) is 3.34. The Hall–Kier alpha value is -2.85. The fourth-order valence-electron chi connectivity index (χ4n) is 8.27. The Balaban J connectivity index is 1.35. The normalized spacial score (nSPS) is 26.1. The van der Waals surface area contributed by atoms with Crippen LogP contribution in [0.5, 0.6) is 5.75 Å². The predicted molar refractivity (Wildman–Crippen MR) is 156 cm³/mol. The molecule has 0 spiro atoms. The van der Waals surface area contributed by atoms with E-state index < -0.39 is 0 Å². The fraction of sp³-hybridized carbons (Fsp3) is 0.514. The van der Waals surface area contributed by atoms with Gasteiger partial charge in [0.15, 0.2) is 0 Å². The zero-order chi connectivity index (χ0) is 27.0. The van der Waals surface area contributed by atoms with Crippen molar-refractivity contribution >= 4 is 16.7 Å². The largest absolute Gasteiger partial charge is 0.492 e. The lowest BCUT2D eigenvalue weighted by molar-refractivity contribution is -0.00513. The first-order valence-electron chi connectivity index (χ1n) is 15.0. The topological polar surface area (TPSA) is 55.8 Å². The van der Waals surface area contributed by atoms with Crippen molar-refractivity contribution in [3.63, 3.8) is 0 Å². The van der Waals surface area contributed by atoms with Gasteiger partial charge in [0.05, 0.1) is 25.4 Å². The van der Waals surface area contributed by atoms with E-state index in [1.165, 1.54) is 62.0 Å². The van der Waals surface area contributed by atoms with E-state index in [1.807, 2.05) is 31.2 Å². The average molecular weight is 527 g/mol. The number of methoxy groups -OCH3 is 1. The van der Waals surface area contributed by atoms with Crippen molar-refractivity contribution in [1.29, 1.82) is 0 Å². The second-order valence-corrected chi connectivity index (χ2v) is 12.7. The Kier molecular flexibility index (Phi) is 7.41. The highest BCUT2D eigenvalue weighted by atomic mass is 16.5. The van der Waals surface area contributed by atoms with Gasteiger partial charge in [0.2, 0.25) is 0 Å². The van der Waals surface area contributed by atoms with E-state index in [0.717, 1.165) is 60.3 Å². The number of aliphatic hydroxyl groups excluding tert-OH is 1. The van der Waals surface area contributed by atoms with Gasteiger partial charge in [-0.2, -0.15) is 0 Å². The summed E-state index contributed by atoms with van der Waals surface area (Å²) >= 11 is 0. The summed E-state index contributed by atoms with van der Waals surface area (Å²) in [6.07, 6.45) is 12.0. The standard InChI is InChI=1S/C35H42O4/c1-23(36)6-4-3-5-15-39-33-31(27-7-9-29(10-8-27)34(37)38-2)14-12-28-11-13-30(19-32(28)33)35-20-24-16-25(21-35)18-26(17-24)22-35/h7-14,19,23-26,36H,3-6,15-18,20-22H2,1-2H3. The maximum Gasteiger partial charge on any atom is 0.337 e. The van der Waals surface area contributed by atoms with Crippen molar-refractivity contribution in [3.05, 3.63) is 65.7 Å². The summed E-state index contributed by atoms with van der Waals surface area (Å²) in [7, 11) is 1.41. The van der Waals surface area contributed by atoms with Crippen LogP contribution in [0, 0.1) is 17.8 Å². The molecule has 3 aromatic carbocycles. The zero-order valence-corrected chi connectivity index (χ0v) is 23.5. The van der Waals surface area contributed by atoms with Crippen LogP contribution in [0.3, 0.4) is 0 Å². The van der Waals surface area contributed by atoms with E-state index in [9.17, 15) is 9.90 Å². The molecule has 4 heteroatoms. The fourth-order valence-corrected chi connectivity index (χ4v) is 8.27. The van der Waals surface area contributed by atoms with E-state index in [2.05, 4.69) is 30.3 Å². The molecule has 3 aromatic rings. The third-order valence-corrected chi connectivity index (χ3v) is 9.75. The van der Waals surface area contributed by atoms with Gasteiger partial charge < -0.3 is 14.6 Å². The Morgan fingerprint density at radius 3 is 2.23 bits per heavy atom. The Morgan fingerprint density at radius 2 is 1.59 bits per heavy atom. The summed E-state index contributed by atoms with van der Waals surface area (Å²) < 4.78 is 11.5. The van der Waals surface area contributed by atoms with Gasteiger partial charge in [0.1, 0.15) is 5.75 Å². The van der Waals surface area contributed by atoms with E-state index in [-0.39, 0.29) is 12.1 Å². The molecule has 4 nitrogen and oxygen atoms in total. The first-order valence-corrected chi connectivity index (χ1v) is 15.0. The Morgan fingerprint density at radius 1 is 0.923 bits per heavy atom. The molecule has 1 N–H and O–H groups in total. The number of hydrogen-bond donors (Lipinski definition) is 1. The third-order valence-electron chi connectivity index (χ3n) is 9.75. The number of benzene rings is 3. The second kappa shape index (κ2) is 11.0. The molecule has 4 fully saturated rings. The van der Waals surface area contributed by atoms with E-state index in [0.29, 0.717) is 17.6 Å². The first kappa shape index (κ1) is 26.4. The van der Waals surface area contributed by atoms with E-state index in [1.54, 1.807) is 0 Å². The highest BCUT2D eigenvalue weighted by Crippen LogP contribution is 2.61. The van der Waals surface area contributed by atoms with Crippen LogP contribution in [0.2, 0.25) is 0 Å². The number of ether oxygens (including phenoxy) is 2. The summed E-state index contributed by atoms with van der Waals surface area (Å²) in [5, 5.41) is 12.0. The molecule has 4 aliphatic carbocycles. The lowest BCUT2D eigenvalue weighted by Gasteiger charge is -2.57. The molecule has 0 saturated heterocycles. The molecule has 7 rings (SSSR count). The van der Waals surface area contributed by atoms with Crippen LogP contribution in [0.25, 0.3) is 21.9 Å². The molecule has 1 atom stereocenters. The van der Waals surface area contributed by atoms with Crippen LogP contribution >= 0.6 is 0 Å². The summed E-state index contributed by atoms with van der Waals surface area (Å²) in [6.45, 7) is 2.50. The van der Waals surface area contributed by atoms with Crippen LogP contribution in [-0.4, -0.2) is 30.9 Å². The summed E-state index contributed by atoms with van der Waals surface area (Å²) in [5.41, 5.74) is 4.49. The lowest BCUT2D eigenvalue weighted by atomic mass is 9.48. The van der Waals surface area contributed by atoms with Crippen LogP contribution in [0.1, 0.15) is 87.1 Å². The van der Waals surface area contributed by atoms with Crippen LogP contribution in [0.4, 0.5) is 0 Å². The molecule has 0 amide bonds. The highest BCUT2D eigenvalue weighted by Gasteiger charge is 2.51. The van der Waals surface area contributed by atoms with Gasteiger partial charge in [0.25, 0.3) is 0 Å². The lowest BCUT2D eigenvalue weighted by Crippen LogP contribution is -2.48. The number of hydrogen-bond acceptors (Lipinski definition) is 4. The maximum absolute atomic E-state index is 12.0. The minimum Gasteiger partial charge on any atom is -0.492 e. The zero-order valence-electron chi connectivity index (χ0n) is 23.5. The van der Waals surface area contributed by atoms with Crippen molar-refractivity contribution < 1.29 is 19.4 Å². The molecule has 4 aliphatic rings. The van der Waals surface area contributed by atoms with Gasteiger partial charge >= 0.3 is 5.97 Å². The molecule has 4 saturated carbocycles. The summed E-state index contributed by atoms with van der Waals surface area (Å²) in [6, 6.07) is 19.2. The SMILES string of the molecule is COC(=O)c1ccc(-c2ccc3ccc(C45CC6CC(CC(C6)C4)C5)cc3c2OCCCCCC(C)O)cc1. The smallest absolute Gasteiger partial charge is 0.337 e. The molecular weight excluding hydrogens is 484 g/mol. The second-order valence-electron chi connectivity index (χ2n) is 12.7. The number of esters is 1. The quantitative estimate of drug-likeness (QED) is 0.214. The minimum atomic E-state index is -0.325. The van der Waals surface area contributed by atoms with Gasteiger partial charge in [0, 0.05) is 10.9 Å². The number of fused-ring (bicyclic) bond motifs is 1. The highest BCUT2D eigenvalue weighted by molar-refractivity contribution is 5.96. The van der Waals surface area contributed by atoms with Crippen LogP contribution in [-0.2, 0) is 10.2 Å². The van der Waals surface area contributed by atoms with Crippen molar-refractivity contribution in [3.8, 4) is 16.9 Å². The molecule has 4 bridgehead atoms. The number of unbranched alkanes of at least 4 members (excludes halogenated alkanes) is 2. The van der Waals surface area contributed by atoms with Gasteiger partial charge in [-0.1, -0.05) is 42.8 Å². The van der Waals surface area contributed by atoms with Crippen molar-refractivity contribution in [2.75, 3.05) is 13.7 Å². The Bertz CT molecular complexity index is 1290. The van der Waals surface area contributed by atoms with Gasteiger partial charge in [-0.15, -0.1) is 0 Å². The van der Waals surface area contributed by atoms with Crippen molar-refractivity contribution in [2.45, 2.75) is 82.7 Å². The number of aliphatic hydroxyl groups is 1. The Labute approximate surface area is 232 Å². The number of carbonyl (C=O) groups is 1. The molecule has 0 radical (unpaired) electrons. The van der Waals surface area contributed by atoms with E-state index >= 15 is 0 Å². The van der Waals surface area contributed by atoms with Crippen molar-refractivity contribution in [1.82, 2.24) is 0 Å². The van der Waals surface area contributed by atoms with Crippen molar-refractivity contribution in [2.24, 2.45) is 17.8 Å². The predicted octanol–water partition coefficient (Wildman–Crippen LogP) is 8.08. The maximum atomic E-state index is 12.0. The molecule has 0 heterocycles. The van der Waals surface area contributed by atoms with Gasteiger partial charge in [-0.05, 0) is 123 Å². The molecule has 1 unspecified atom stereocenters. The first-order chi connectivity index (χ1) is 18.9. The van der Waals surface area contributed by atoms with Gasteiger partial charge in [-0.3, -0.25) is 0 Å². The van der Waals surface area contributed by atoms with Crippen LogP contribution in [0.15, 0.2) is 54.6 Å². The van der Waals surface area contributed by atoms with Crippen LogP contribution < -0.4 is 4.74 Å². The molecule has 206 valence electrons.